The van der Waals surface area contributed by atoms with Crippen LogP contribution in [0.5, 0.6) is 5.75 Å². The number of ketones is 1. The highest BCUT2D eigenvalue weighted by molar-refractivity contribution is 6.30. The summed E-state index contributed by atoms with van der Waals surface area (Å²) >= 11 is 5.92. The summed E-state index contributed by atoms with van der Waals surface area (Å²) in [7, 11) is 0. The number of carbonyl (C=O) groups is 2. The van der Waals surface area contributed by atoms with Gasteiger partial charge in [-0.2, -0.15) is 0 Å². The van der Waals surface area contributed by atoms with Crippen molar-refractivity contribution in [3.63, 3.8) is 0 Å². The van der Waals surface area contributed by atoms with Crippen LogP contribution in [0.15, 0.2) is 36.5 Å². The molecule has 1 aromatic heterocycles. The van der Waals surface area contributed by atoms with Gasteiger partial charge in [0.05, 0.1) is 6.54 Å². The van der Waals surface area contributed by atoms with Gasteiger partial charge in [0.2, 0.25) is 0 Å². The standard InChI is InChI=1S/C16H15ClN2O3/c1-2-13(20)9-19-16(22)15-14(21)7-11(8-18-15)10-4-3-5-12(17)6-10/h3-8,21H,2,9H2,1H3,(H,19,22). The molecule has 0 atom stereocenters. The summed E-state index contributed by atoms with van der Waals surface area (Å²) in [4.78, 5) is 27.0. The SMILES string of the molecule is CCC(=O)CNC(=O)c1ncc(-c2cccc(Cl)c2)cc1O. The minimum absolute atomic E-state index is 0.0769. The molecule has 2 aromatic rings. The highest BCUT2D eigenvalue weighted by Crippen LogP contribution is 2.26. The molecule has 0 fully saturated rings. The van der Waals surface area contributed by atoms with E-state index in [-0.39, 0.29) is 23.8 Å². The number of Topliss-reactive ketones (excluding diaryl/α,β-unsaturated/α-hetero) is 1. The maximum atomic E-state index is 11.9. The molecular weight excluding hydrogens is 304 g/mol. The van der Waals surface area contributed by atoms with E-state index < -0.39 is 5.91 Å². The predicted octanol–water partition coefficient (Wildman–Crippen LogP) is 2.82. The maximum Gasteiger partial charge on any atom is 0.274 e. The van der Waals surface area contributed by atoms with E-state index in [4.69, 9.17) is 11.6 Å². The molecule has 0 unspecified atom stereocenters. The van der Waals surface area contributed by atoms with Gasteiger partial charge in [0, 0.05) is 23.2 Å². The Morgan fingerprint density at radius 2 is 2.05 bits per heavy atom. The first kappa shape index (κ1) is 16.0. The fourth-order valence-corrected chi connectivity index (χ4v) is 2.03. The second-order valence-electron chi connectivity index (χ2n) is 4.68. The molecule has 22 heavy (non-hydrogen) atoms. The molecule has 0 saturated heterocycles. The summed E-state index contributed by atoms with van der Waals surface area (Å²) in [6, 6.07) is 8.52. The number of pyridine rings is 1. The molecule has 5 nitrogen and oxygen atoms in total. The third-order valence-electron chi connectivity index (χ3n) is 3.08. The lowest BCUT2D eigenvalue weighted by molar-refractivity contribution is -0.117. The van der Waals surface area contributed by atoms with Crippen LogP contribution in [-0.4, -0.2) is 28.3 Å². The lowest BCUT2D eigenvalue weighted by Gasteiger charge is -2.07. The summed E-state index contributed by atoms with van der Waals surface area (Å²) in [5.41, 5.74) is 1.30. The first-order valence-corrected chi connectivity index (χ1v) is 7.14. The van der Waals surface area contributed by atoms with Crippen molar-refractivity contribution in [2.45, 2.75) is 13.3 Å². The summed E-state index contributed by atoms with van der Waals surface area (Å²) in [5, 5.41) is 13.0. The third-order valence-corrected chi connectivity index (χ3v) is 3.32. The highest BCUT2D eigenvalue weighted by atomic mass is 35.5. The number of carbonyl (C=O) groups excluding carboxylic acids is 2. The quantitative estimate of drug-likeness (QED) is 0.888. The van der Waals surface area contributed by atoms with Crippen molar-refractivity contribution in [2.24, 2.45) is 0 Å². The zero-order chi connectivity index (χ0) is 16.1. The van der Waals surface area contributed by atoms with Crippen LogP contribution in [-0.2, 0) is 4.79 Å². The van der Waals surface area contributed by atoms with E-state index in [0.717, 1.165) is 5.56 Å². The summed E-state index contributed by atoms with van der Waals surface area (Å²) < 4.78 is 0. The minimum atomic E-state index is -0.586. The molecule has 0 aliphatic rings. The van der Waals surface area contributed by atoms with Gasteiger partial charge in [-0.3, -0.25) is 9.59 Å². The van der Waals surface area contributed by atoms with Crippen molar-refractivity contribution in [3.05, 3.63) is 47.2 Å². The largest absolute Gasteiger partial charge is 0.505 e. The van der Waals surface area contributed by atoms with Crippen LogP contribution in [0.1, 0.15) is 23.8 Å². The van der Waals surface area contributed by atoms with Crippen LogP contribution in [0.2, 0.25) is 5.02 Å². The molecule has 114 valence electrons. The van der Waals surface area contributed by atoms with Crippen LogP contribution in [0.25, 0.3) is 11.1 Å². The Morgan fingerprint density at radius 1 is 1.27 bits per heavy atom. The molecule has 1 heterocycles. The first-order valence-electron chi connectivity index (χ1n) is 6.76. The Balaban J connectivity index is 2.19. The maximum absolute atomic E-state index is 11.9. The fourth-order valence-electron chi connectivity index (χ4n) is 1.84. The lowest BCUT2D eigenvalue weighted by Crippen LogP contribution is -2.29. The Labute approximate surface area is 133 Å². The molecule has 2 rings (SSSR count). The monoisotopic (exact) mass is 318 g/mol. The third kappa shape index (κ3) is 3.83. The molecule has 0 aliphatic carbocycles. The number of nitrogens with one attached hydrogen (secondary N) is 1. The fraction of sp³-hybridized carbons (Fsp3) is 0.188. The van der Waals surface area contributed by atoms with E-state index in [2.05, 4.69) is 10.3 Å². The van der Waals surface area contributed by atoms with Crippen molar-refractivity contribution in [1.29, 1.82) is 0 Å². The lowest BCUT2D eigenvalue weighted by atomic mass is 10.1. The van der Waals surface area contributed by atoms with Crippen LogP contribution < -0.4 is 5.32 Å². The van der Waals surface area contributed by atoms with Gasteiger partial charge in [-0.25, -0.2) is 4.98 Å². The van der Waals surface area contributed by atoms with Crippen molar-refractivity contribution in [3.8, 4) is 16.9 Å². The van der Waals surface area contributed by atoms with Gasteiger partial charge in [0.15, 0.2) is 11.5 Å². The molecule has 2 N–H and O–H groups in total. The number of halogens is 1. The molecule has 0 bridgehead atoms. The van der Waals surface area contributed by atoms with Gasteiger partial charge in [0.25, 0.3) is 5.91 Å². The van der Waals surface area contributed by atoms with Crippen molar-refractivity contribution >= 4 is 23.3 Å². The van der Waals surface area contributed by atoms with E-state index in [1.165, 1.54) is 12.3 Å². The smallest absolute Gasteiger partial charge is 0.274 e. The average Bonchev–Trinajstić information content (AvgIpc) is 2.52. The van der Waals surface area contributed by atoms with Crippen molar-refractivity contribution in [1.82, 2.24) is 10.3 Å². The van der Waals surface area contributed by atoms with E-state index in [0.29, 0.717) is 17.0 Å². The number of nitrogens with zero attached hydrogens (tertiary/aromatic N) is 1. The zero-order valence-corrected chi connectivity index (χ0v) is 12.7. The van der Waals surface area contributed by atoms with Crippen molar-refractivity contribution in [2.75, 3.05) is 6.54 Å². The van der Waals surface area contributed by atoms with E-state index >= 15 is 0 Å². The molecule has 0 radical (unpaired) electrons. The summed E-state index contributed by atoms with van der Waals surface area (Å²) in [5.74, 6) is -0.931. The molecular formula is C16H15ClN2O3. The van der Waals surface area contributed by atoms with Gasteiger partial charge in [-0.05, 0) is 23.8 Å². The average molecular weight is 319 g/mol. The normalized spacial score (nSPS) is 10.3. The minimum Gasteiger partial charge on any atom is -0.505 e. The number of benzene rings is 1. The first-order chi connectivity index (χ1) is 10.5. The van der Waals surface area contributed by atoms with E-state index in [1.54, 1.807) is 25.1 Å². The van der Waals surface area contributed by atoms with Crippen LogP contribution in [0.4, 0.5) is 0 Å². The van der Waals surface area contributed by atoms with Crippen LogP contribution in [0, 0.1) is 0 Å². The Bertz CT molecular complexity index is 716. The Kier molecular flexibility index (Phi) is 5.12. The molecule has 1 aromatic carbocycles. The Hall–Kier alpha value is -2.40. The number of amides is 1. The molecule has 1 amide bonds. The zero-order valence-electron chi connectivity index (χ0n) is 12.0. The van der Waals surface area contributed by atoms with Crippen LogP contribution >= 0.6 is 11.6 Å². The number of rotatable bonds is 5. The Morgan fingerprint density at radius 3 is 2.68 bits per heavy atom. The molecule has 6 heteroatoms. The summed E-state index contributed by atoms with van der Waals surface area (Å²) in [6.07, 6.45) is 1.81. The predicted molar refractivity (Wildman–Crippen MR) is 84.0 cm³/mol. The van der Waals surface area contributed by atoms with E-state index in [9.17, 15) is 14.7 Å². The number of aromatic hydroxyl groups is 1. The van der Waals surface area contributed by atoms with Gasteiger partial charge >= 0.3 is 0 Å². The van der Waals surface area contributed by atoms with E-state index in [1.807, 2.05) is 6.07 Å². The molecule has 0 aliphatic heterocycles. The van der Waals surface area contributed by atoms with Gasteiger partial charge in [-0.15, -0.1) is 0 Å². The number of aromatic nitrogens is 1. The molecule has 0 spiro atoms. The van der Waals surface area contributed by atoms with Gasteiger partial charge in [0.1, 0.15) is 5.75 Å². The number of hydrogen-bond donors (Lipinski definition) is 2. The van der Waals surface area contributed by atoms with Gasteiger partial charge in [-0.1, -0.05) is 30.7 Å². The van der Waals surface area contributed by atoms with Crippen molar-refractivity contribution < 1.29 is 14.7 Å². The number of hydrogen-bond acceptors (Lipinski definition) is 4. The second kappa shape index (κ2) is 7.04. The molecule has 0 saturated carbocycles. The highest BCUT2D eigenvalue weighted by Gasteiger charge is 2.14. The van der Waals surface area contributed by atoms with Gasteiger partial charge < -0.3 is 10.4 Å². The van der Waals surface area contributed by atoms with Crippen LogP contribution in [0.3, 0.4) is 0 Å². The summed E-state index contributed by atoms with van der Waals surface area (Å²) in [6.45, 7) is 1.64. The second-order valence-corrected chi connectivity index (χ2v) is 5.11. The topological polar surface area (TPSA) is 79.3 Å².